The van der Waals surface area contributed by atoms with Crippen molar-refractivity contribution >= 4 is 21.8 Å². The highest BCUT2D eigenvalue weighted by Crippen LogP contribution is 2.22. The maximum atomic E-state index is 11.6. The summed E-state index contributed by atoms with van der Waals surface area (Å²) < 4.78 is 2.93. The minimum Gasteiger partial charge on any atom is -0.344 e. The molecular formula is C9H11BrN2O. The van der Waals surface area contributed by atoms with Crippen molar-refractivity contribution in [3.8, 4) is 0 Å². The SMILES string of the molecule is CC1(C)Cn2cc(Br)cc2C(=O)N1. The molecule has 2 rings (SSSR count). The molecule has 13 heavy (non-hydrogen) atoms. The number of nitrogens with zero attached hydrogens (tertiary/aromatic N) is 1. The van der Waals surface area contributed by atoms with E-state index in [0.29, 0.717) is 0 Å². The molecule has 0 fully saturated rings. The summed E-state index contributed by atoms with van der Waals surface area (Å²) in [7, 11) is 0. The third-order valence-corrected chi connectivity index (χ3v) is 2.55. The Morgan fingerprint density at radius 2 is 2.31 bits per heavy atom. The van der Waals surface area contributed by atoms with E-state index in [1.807, 2.05) is 30.7 Å². The molecule has 70 valence electrons. The van der Waals surface area contributed by atoms with E-state index in [0.717, 1.165) is 16.7 Å². The molecule has 1 aliphatic rings. The summed E-state index contributed by atoms with van der Waals surface area (Å²) in [5.74, 6) is 0.00181. The summed E-state index contributed by atoms with van der Waals surface area (Å²) in [6.07, 6.45) is 1.94. The van der Waals surface area contributed by atoms with Gasteiger partial charge in [-0.15, -0.1) is 0 Å². The van der Waals surface area contributed by atoms with E-state index in [4.69, 9.17) is 0 Å². The molecule has 1 amide bonds. The number of nitrogens with one attached hydrogen (secondary N) is 1. The molecule has 1 aromatic heterocycles. The molecule has 0 saturated heterocycles. The average Bonchev–Trinajstić information content (AvgIpc) is 2.27. The zero-order valence-electron chi connectivity index (χ0n) is 7.60. The number of hydrogen-bond donors (Lipinski definition) is 1. The van der Waals surface area contributed by atoms with Gasteiger partial charge in [-0.1, -0.05) is 0 Å². The van der Waals surface area contributed by atoms with Crippen molar-refractivity contribution in [3.05, 3.63) is 22.4 Å². The Morgan fingerprint density at radius 1 is 1.62 bits per heavy atom. The summed E-state index contributed by atoms with van der Waals surface area (Å²) >= 11 is 3.36. The van der Waals surface area contributed by atoms with Crippen LogP contribution < -0.4 is 5.32 Å². The third-order valence-electron chi connectivity index (χ3n) is 2.11. The lowest BCUT2D eigenvalue weighted by atomic mass is 10.0. The number of carbonyl (C=O) groups is 1. The predicted octanol–water partition coefficient (Wildman–Crippen LogP) is 1.77. The van der Waals surface area contributed by atoms with Gasteiger partial charge in [0.1, 0.15) is 5.69 Å². The van der Waals surface area contributed by atoms with Crippen LogP contribution >= 0.6 is 15.9 Å². The minimum atomic E-state index is -0.150. The number of rotatable bonds is 0. The van der Waals surface area contributed by atoms with Crippen molar-refractivity contribution in [2.45, 2.75) is 25.9 Å². The highest BCUT2D eigenvalue weighted by atomic mass is 79.9. The topological polar surface area (TPSA) is 34.0 Å². The Kier molecular flexibility index (Phi) is 1.77. The highest BCUT2D eigenvalue weighted by molar-refractivity contribution is 9.10. The van der Waals surface area contributed by atoms with Crippen LogP contribution in [0.15, 0.2) is 16.7 Å². The lowest BCUT2D eigenvalue weighted by molar-refractivity contribution is 0.0862. The Morgan fingerprint density at radius 3 is 3.00 bits per heavy atom. The van der Waals surface area contributed by atoms with E-state index in [9.17, 15) is 4.79 Å². The maximum absolute atomic E-state index is 11.6. The number of amides is 1. The molecule has 1 N–H and O–H groups in total. The van der Waals surface area contributed by atoms with E-state index in [2.05, 4.69) is 21.2 Å². The largest absolute Gasteiger partial charge is 0.344 e. The van der Waals surface area contributed by atoms with Crippen LogP contribution in [0.5, 0.6) is 0 Å². The van der Waals surface area contributed by atoms with Crippen molar-refractivity contribution in [2.75, 3.05) is 0 Å². The first-order chi connectivity index (χ1) is 5.98. The van der Waals surface area contributed by atoms with Crippen LogP contribution in [0.2, 0.25) is 0 Å². The fourth-order valence-corrected chi connectivity index (χ4v) is 2.10. The lowest BCUT2D eigenvalue weighted by Gasteiger charge is -2.32. The zero-order chi connectivity index (χ0) is 9.64. The minimum absolute atomic E-state index is 0.00181. The quantitative estimate of drug-likeness (QED) is 0.740. The van der Waals surface area contributed by atoms with E-state index in [-0.39, 0.29) is 11.4 Å². The number of carbonyl (C=O) groups excluding carboxylic acids is 1. The molecule has 1 aliphatic heterocycles. The second-order valence-corrected chi connectivity index (χ2v) is 4.93. The van der Waals surface area contributed by atoms with Crippen molar-refractivity contribution in [2.24, 2.45) is 0 Å². The number of hydrogen-bond acceptors (Lipinski definition) is 1. The van der Waals surface area contributed by atoms with Gasteiger partial charge < -0.3 is 9.88 Å². The number of aromatic nitrogens is 1. The third kappa shape index (κ3) is 1.50. The van der Waals surface area contributed by atoms with Crippen molar-refractivity contribution in [3.63, 3.8) is 0 Å². The van der Waals surface area contributed by atoms with Gasteiger partial charge in [-0.3, -0.25) is 4.79 Å². The first-order valence-corrected chi connectivity index (χ1v) is 4.95. The second-order valence-electron chi connectivity index (χ2n) is 4.01. The highest BCUT2D eigenvalue weighted by Gasteiger charge is 2.29. The first kappa shape index (κ1) is 8.81. The molecule has 2 heterocycles. The van der Waals surface area contributed by atoms with Crippen molar-refractivity contribution < 1.29 is 4.79 Å². The van der Waals surface area contributed by atoms with Gasteiger partial charge in [-0.25, -0.2) is 0 Å². The fraction of sp³-hybridized carbons (Fsp3) is 0.444. The molecule has 0 saturated carbocycles. The van der Waals surface area contributed by atoms with Crippen LogP contribution in [0, 0.1) is 0 Å². The van der Waals surface area contributed by atoms with Gasteiger partial charge >= 0.3 is 0 Å². The molecule has 0 aromatic carbocycles. The van der Waals surface area contributed by atoms with Gasteiger partial charge in [0.15, 0.2) is 0 Å². The first-order valence-electron chi connectivity index (χ1n) is 4.16. The normalized spacial score (nSPS) is 19.5. The van der Waals surface area contributed by atoms with E-state index < -0.39 is 0 Å². The number of fused-ring (bicyclic) bond motifs is 1. The monoisotopic (exact) mass is 242 g/mol. The van der Waals surface area contributed by atoms with Crippen LogP contribution in [0.3, 0.4) is 0 Å². The molecule has 0 bridgehead atoms. The summed E-state index contributed by atoms with van der Waals surface area (Å²) in [5.41, 5.74) is 0.578. The molecule has 0 aliphatic carbocycles. The maximum Gasteiger partial charge on any atom is 0.268 e. The summed E-state index contributed by atoms with van der Waals surface area (Å²) in [6, 6.07) is 1.84. The van der Waals surface area contributed by atoms with Gasteiger partial charge in [0.2, 0.25) is 0 Å². The second kappa shape index (κ2) is 2.61. The van der Waals surface area contributed by atoms with Crippen LogP contribution in [0.1, 0.15) is 24.3 Å². The van der Waals surface area contributed by atoms with Gasteiger partial charge in [0, 0.05) is 17.2 Å². The lowest BCUT2D eigenvalue weighted by Crippen LogP contribution is -2.51. The van der Waals surface area contributed by atoms with Gasteiger partial charge in [0.05, 0.1) is 5.54 Å². The van der Waals surface area contributed by atoms with E-state index >= 15 is 0 Å². The molecule has 0 atom stereocenters. The van der Waals surface area contributed by atoms with E-state index in [1.54, 1.807) is 0 Å². The molecule has 0 spiro atoms. The Balaban J connectivity index is 2.48. The predicted molar refractivity (Wildman–Crippen MR) is 53.7 cm³/mol. The Bertz CT molecular complexity index is 368. The van der Waals surface area contributed by atoms with Gasteiger partial charge in [-0.05, 0) is 35.8 Å². The standard InChI is InChI=1S/C9H11BrN2O/c1-9(2)5-12-4-6(10)3-7(12)8(13)11-9/h3-4H,5H2,1-2H3,(H,11,13). The van der Waals surface area contributed by atoms with Crippen LogP contribution in [-0.2, 0) is 6.54 Å². The summed E-state index contributed by atoms with van der Waals surface area (Å²) in [6.45, 7) is 4.85. The summed E-state index contributed by atoms with van der Waals surface area (Å²) in [5, 5.41) is 2.94. The van der Waals surface area contributed by atoms with Crippen molar-refractivity contribution in [1.29, 1.82) is 0 Å². The molecule has 1 aromatic rings. The average molecular weight is 243 g/mol. The smallest absolute Gasteiger partial charge is 0.268 e. The zero-order valence-corrected chi connectivity index (χ0v) is 9.18. The van der Waals surface area contributed by atoms with Gasteiger partial charge in [-0.2, -0.15) is 0 Å². The molecule has 0 radical (unpaired) electrons. The molecule has 0 unspecified atom stereocenters. The Hall–Kier alpha value is -0.770. The molecular weight excluding hydrogens is 232 g/mol. The van der Waals surface area contributed by atoms with E-state index in [1.165, 1.54) is 0 Å². The Labute approximate surface area is 85.2 Å². The molecule has 4 heteroatoms. The van der Waals surface area contributed by atoms with Crippen LogP contribution in [0.25, 0.3) is 0 Å². The van der Waals surface area contributed by atoms with Crippen LogP contribution in [0.4, 0.5) is 0 Å². The summed E-state index contributed by atoms with van der Waals surface area (Å²) in [4.78, 5) is 11.6. The van der Waals surface area contributed by atoms with Gasteiger partial charge in [0.25, 0.3) is 5.91 Å². The van der Waals surface area contributed by atoms with Crippen LogP contribution in [-0.4, -0.2) is 16.0 Å². The van der Waals surface area contributed by atoms with Crippen molar-refractivity contribution in [1.82, 2.24) is 9.88 Å². The fourth-order valence-electron chi connectivity index (χ4n) is 1.63. The molecule has 3 nitrogen and oxygen atoms in total. The number of halogens is 1.